The highest BCUT2D eigenvalue weighted by molar-refractivity contribution is 6.31. The van der Waals surface area contributed by atoms with E-state index in [-0.39, 0.29) is 0 Å². The monoisotopic (exact) mass is 263 g/mol. The number of rotatable bonds is 2. The van der Waals surface area contributed by atoms with E-state index in [1.165, 1.54) is 0 Å². The normalized spacial score (nSPS) is 14.7. The Morgan fingerprint density at radius 2 is 2.22 bits per heavy atom. The first-order valence-corrected chi connectivity index (χ1v) is 6.26. The van der Waals surface area contributed by atoms with E-state index >= 15 is 0 Å². The Hall–Kier alpha value is -1.59. The molecule has 0 saturated heterocycles. The Bertz CT molecular complexity index is 565. The van der Waals surface area contributed by atoms with Crippen LogP contribution in [0.15, 0.2) is 24.5 Å². The molecule has 1 aliphatic heterocycles. The van der Waals surface area contributed by atoms with Crippen LogP contribution in [0.25, 0.3) is 0 Å². The van der Waals surface area contributed by atoms with E-state index in [0.717, 1.165) is 37.0 Å². The quantitative estimate of drug-likeness (QED) is 0.890. The third kappa shape index (κ3) is 1.95. The van der Waals surface area contributed by atoms with Gasteiger partial charge in [-0.2, -0.15) is 0 Å². The van der Waals surface area contributed by atoms with E-state index < -0.39 is 0 Å². The van der Waals surface area contributed by atoms with Gasteiger partial charge in [-0.25, -0.2) is 9.97 Å². The van der Waals surface area contributed by atoms with Crippen molar-refractivity contribution in [1.82, 2.24) is 14.5 Å². The maximum atomic E-state index is 6.02. The molecule has 0 saturated carbocycles. The van der Waals surface area contributed by atoms with E-state index in [4.69, 9.17) is 17.3 Å². The van der Waals surface area contributed by atoms with Gasteiger partial charge in [0.25, 0.3) is 0 Å². The summed E-state index contributed by atoms with van der Waals surface area (Å²) in [6.07, 6.45) is 3.84. The number of nitrogens with zero attached hydrogens (tertiary/aromatic N) is 4. The molecule has 94 valence electrons. The van der Waals surface area contributed by atoms with Crippen molar-refractivity contribution in [1.29, 1.82) is 0 Å². The highest BCUT2D eigenvalue weighted by atomic mass is 35.5. The predicted molar refractivity (Wildman–Crippen MR) is 70.4 cm³/mol. The molecular weight excluding hydrogens is 250 g/mol. The highest BCUT2D eigenvalue weighted by Crippen LogP contribution is 2.22. The molecule has 0 aromatic carbocycles. The number of hydrogen-bond acceptors (Lipinski definition) is 4. The SMILES string of the molecule is NCc1nc(N2CCn3ccnc3C2)ccc1Cl. The van der Waals surface area contributed by atoms with Crippen molar-refractivity contribution < 1.29 is 0 Å². The van der Waals surface area contributed by atoms with Gasteiger partial charge in [-0.1, -0.05) is 11.6 Å². The molecule has 0 fully saturated rings. The maximum absolute atomic E-state index is 6.02. The van der Waals surface area contributed by atoms with Crippen LogP contribution >= 0.6 is 11.6 Å². The molecule has 5 nitrogen and oxygen atoms in total. The molecule has 0 aliphatic carbocycles. The van der Waals surface area contributed by atoms with Gasteiger partial charge in [0.1, 0.15) is 11.6 Å². The molecule has 0 radical (unpaired) electrons. The second kappa shape index (κ2) is 4.59. The minimum Gasteiger partial charge on any atom is -0.347 e. The molecule has 0 bridgehead atoms. The molecule has 2 aromatic rings. The lowest BCUT2D eigenvalue weighted by Crippen LogP contribution is -2.34. The summed E-state index contributed by atoms with van der Waals surface area (Å²) in [7, 11) is 0. The third-order valence-corrected chi connectivity index (χ3v) is 3.51. The smallest absolute Gasteiger partial charge is 0.129 e. The summed E-state index contributed by atoms with van der Waals surface area (Å²) in [4.78, 5) is 11.0. The fourth-order valence-corrected chi connectivity index (χ4v) is 2.34. The summed E-state index contributed by atoms with van der Waals surface area (Å²) >= 11 is 6.02. The van der Waals surface area contributed by atoms with E-state index in [1.807, 2.05) is 24.5 Å². The second-order valence-corrected chi connectivity index (χ2v) is 4.67. The van der Waals surface area contributed by atoms with Crippen molar-refractivity contribution in [3.05, 3.63) is 41.1 Å². The van der Waals surface area contributed by atoms with Crippen LogP contribution in [-0.2, 0) is 19.6 Å². The van der Waals surface area contributed by atoms with Crippen LogP contribution in [-0.4, -0.2) is 21.1 Å². The van der Waals surface area contributed by atoms with Crippen molar-refractivity contribution >= 4 is 17.4 Å². The number of anilines is 1. The second-order valence-electron chi connectivity index (χ2n) is 4.26. The van der Waals surface area contributed by atoms with E-state index in [2.05, 4.69) is 19.4 Å². The first-order chi connectivity index (χ1) is 8.78. The summed E-state index contributed by atoms with van der Waals surface area (Å²) < 4.78 is 2.16. The van der Waals surface area contributed by atoms with Gasteiger partial charge in [-0.3, -0.25) is 0 Å². The Morgan fingerprint density at radius 3 is 3.06 bits per heavy atom. The van der Waals surface area contributed by atoms with E-state index in [1.54, 1.807) is 0 Å². The Kier molecular flexibility index (Phi) is 2.93. The number of pyridine rings is 1. The summed E-state index contributed by atoms with van der Waals surface area (Å²) in [6.45, 7) is 2.97. The van der Waals surface area contributed by atoms with Crippen LogP contribution in [0.1, 0.15) is 11.5 Å². The molecule has 3 heterocycles. The maximum Gasteiger partial charge on any atom is 0.129 e. The van der Waals surface area contributed by atoms with E-state index in [9.17, 15) is 0 Å². The van der Waals surface area contributed by atoms with Crippen LogP contribution in [0.2, 0.25) is 5.02 Å². The number of aromatic nitrogens is 3. The van der Waals surface area contributed by atoms with Gasteiger partial charge in [-0.15, -0.1) is 0 Å². The molecule has 0 amide bonds. The summed E-state index contributed by atoms with van der Waals surface area (Å²) in [5.74, 6) is 1.97. The van der Waals surface area contributed by atoms with Crippen molar-refractivity contribution in [3.63, 3.8) is 0 Å². The third-order valence-electron chi connectivity index (χ3n) is 3.17. The average Bonchev–Trinajstić information content (AvgIpc) is 2.86. The molecule has 1 aliphatic rings. The molecule has 2 N–H and O–H groups in total. The zero-order valence-electron chi connectivity index (χ0n) is 9.88. The minimum absolute atomic E-state index is 0.356. The van der Waals surface area contributed by atoms with Crippen LogP contribution in [0.3, 0.4) is 0 Å². The molecule has 0 atom stereocenters. The Balaban J connectivity index is 1.88. The number of hydrogen-bond donors (Lipinski definition) is 1. The van der Waals surface area contributed by atoms with Gasteiger partial charge >= 0.3 is 0 Å². The van der Waals surface area contributed by atoms with Crippen molar-refractivity contribution in [2.75, 3.05) is 11.4 Å². The zero-order chi connectivity index (χ0) is 12.5. The zero-order valence-corrected chi connectivity index (χ0v) is 10.6. The first-order valence-electron chi connectivity index (χ1n) is 5.88. The van der Waals surface area contributed by atoms with Gasteiger partial charge in [0.2, 0.25) is 0 Å². The number of nitrogens with two attached hydrogens (primary N) is 1. The topological polar surface area (TPSA) is 60.0 Å². The highest BCUT2D eigenvalue weighted by Gasteiger charge is 2.18. The molecule has 2 aromatic heterocycles. The molecule has 18 heavy (non-hydrogen) atoms. The summed E-state index contributed by atoms with van der Waals surface area (Å²) in [5, 5.41) is 0.625. The molecule has 6 heteroatoms. The van der Waals surface area contributed by atoms with Crippen molar-refractivity contribution in [2.45, 2.75) is 19.6 Å². The lowest BCUT2D eigenvalue weighted by Gasteiger charge is -2.28. The van der Waals surface area contributed by atoms with Crippen LogP contribution < -0.4 is 10.6 Å². The Morgan fingerprint density at radius 1 is 1.33 bits per heavy atom. The molecule has 3 rings (SSSR count). The van der Waals surface area contributed by atoms with Gasteiger partial charge in [0.05, 0.1) is 17.3 Å². The molecule has 0 spiro atoms. The fourth-order valence-electron chi connectivity index (χ4n) is 2.16. The van der Waals surface area contributed by atoms with Crippen molar-refractivity contribution in [2.24, 2.45) is 5.73 Å². The van der Waals surface area contributed by atoms with Gasteiger partial charge in [0, 0.05) is 32.0 Å². The van der Waals surface area contributed by atoms with Crippen molar-refractivity contribution in [3.8, 4) is 0 Å². The standard InChI is InChI=1S/C12H14ClN5/c13-9-1-2-11(16-10(9)7-14)18-6-5-17-4-3-15-12(17)8-18/h1-4H,5-8,14H2. The van der Waals surface area contributed by atoms with Crippen LogP contribution in [0, 0.1) is 0 Å². The van der Waals surface area contributed by atoms with Gasteiger partial charge in [0.15, 0.2) is 0 Å². The predicted octanol–water partition coefficient (Wildman–Crippen LogP) is 1.41. The minimum atomic E-state index is 0.356. The lowest BCUT2D eigenvalue weighted by molar-refractivity contribution is 0.555. The summed E-state index contributed by atoms with van der Waals surface area (Å²) in [5.41, 5.74) is 6.37. The van der Waals surface area contributed by atoms with Crippen LogP contribution in [0.5, 0.6) is 0 Å². The van der Waals surface area contributed by atoms with Gasteiger partial charge in [-0.05, 0) is 12.1 Å². The Labute approximate surface area is 110 Å². The molecule has 0 unspecified atom stereocenters. The largest absolute Gasteiger partial charge is 0.347 e. The number of imidazole rings is 1. The fraction of sp³-hybridized carbons (Fsp3) is 0.333. The average molecular weight is 264 g/mol. The van der Waals surface area contributed by atoms with E-state index in [0.29, 0.717) is 11.6 Å². The number of fused-ring (bicyclic) bond motifs is 1. The lowest BCUT2D eigenvalue weighted by atomic mass is 10.3. The molecular formula is C12H14ClN5. The number of halogens is 1. The van der Waals surface area contributed by atoms with Gasteiger partial charge < -0.3 is 15.2 Å². The summed E-state index contributed by atoms with van der Waals surface area (Å²) in [6, 6.07) is 3.78. The van der Waals surface area contributed by atoms with Crippen LogP contribution in [0.4, 0.5) is 5.82 Å². The first kappa shape index (κ1) is 11.5.